The number of nitrogens with one attached hydrogen (secondary N) is 1. The first-order valence-electron chi connectivity index (χ1n) is 4.46. The highest BCUT2D eigenvalue weighted by Crippen LogP contribution is 2.37. The van der Waals surface area contributed by atoms with E-state index in [9.17, 15) is 9.36 Å². The zero-order chi connectivity index (χ0) is 10.3. The summed E-state index contributed by atoms with van der Waals surface area (Å²) in [7, 11) is -2.36. The Kier molecular flexibility index (Phi) is 2.00. The van der Waals surface area contributed by atoms with Gasteiger partial charge >= 0.3 is 0 Å². The first-order chi connectivity index (χ1) is 6.50. The Morgan fingerprint density at radius 2 is 2.07 bits per heavy atom. The highest BCUT2D eigenvalue weighted by Gasteiger charge is 2.26. The second-order valence-electron chi connectivity index (χ2n) is 3.84. The van der Waals surface area contributed by atoms with Gasteiger partial charge in [-0.3, -0.25) is 4.79 Å². The van der Waals surface area contributed by atoms with Crippen LogP contribution in [0.2, 0.25) is 0 Å². The van der Waals surface area contributed by atoms with E-state index in [2.05, 4.69) is 5.32 Å². The van der Waals surface area contributed by atoms with Gasteiger partial charge in [-0.25, -0.2) is 0 Å². The fourth-order valence-corrected chi connectivity index (χ4v) is 2.94. The molecule has 0 atom stereocenters. The third-order valence-corrected chi connectivity index (χ3v) is 3.91. The molecule has 0 aromatic heterocycles. The number of amides is 1. The quantitative estimate of drug-likeness (QED) is 0.706. The molecule has 2 rings (SSSR count). The Labute approximate surface area is 82.9 Å². The molecular weight excluding hydrogens is 197 g/mol. The van der Waals surface area contributed by atoms with E-state index in [1.54, 1.807) is 19.4 Å². The van der Waals surface area contributed by atoms with E-state index in [-0.39, 0.29) is 5.91 Å². The van der Waals surface area contributed by atoms with Crippen molar-refractivity contribution in [2.45, 2.75) is 6.54 Å². The van der Waals surface area contributed by atoms with Crippen molar-refractivity contribution in [1.29, 1.82) is 0 Å². The third kappa shape index (κ3) is 1.38. The molecule has 0 bridgehead atoms. The molecule has 74 valence electrons. The Bertz CT molecular complexity index is 447. The van der Waals surface area contributed by atoms with E-state index >= 15 is 0 Å². The molecule has 14 heavy (non-hydrogen) atoms. The third-order valence-electron chi connectivity index (χ3n) is 2.38. The standard InChI is InChI=1S/C10H12NO2P/c1-14(2,13)8-5-3-4-7-6-11-10(12)9(7)8/h3-5H,6H2,1-2H3,(H,11,12). The maximum Gasteiger partial charge on any atom is 0.252 e. The summed E-state index contributed by atoms with van der Waals surface area (Å²) in [6.07, 6.45) is 0. The minimum absolute atomic E-state index is 0.0977. The molecule has 0 spiro atoms. The van der Waals surface area contributed by atoms with Gasteiger partial charge in [0.1, 0.15) is 7.14 Å². The van der Waals surface area contributed by atoms with Crippen LogP contribution < -0.4 is 10.6 Å². The largest absolute Gasteiger partial charge is 0.348 e. The Balaban J connectivity index is 2.70. The first-order valence-corrected chi connectivity index (χ1v) is 7.06. The van der Waals surface area contributed by atoms with E-state index in [1.807, 2.05) is 12.1 Å². The van der Waals surface area contributed by atoms with Crippen molar-refractivity contribution >= 4 is 18.4 Å². The lowest BCUT2D eigenvalue weighted by atomic mass is 10.1. The monoisotopic (exact) mass is 209 g/mol. The van der Waals surface area contributed by atoms with E-state index in [0.717, 1.165) is 5.56 Å². The summed E-state index contributed by atoms with van der Waals surface area (Å²) in [5, 5.41) is 3.44. The van der Waals surface area contributed by atoms with Gasteiger partial charge in [0.05, 0.1) is 5.56 Å². The number of hydrogen-bond acceptors (Lipinski definition) is 2. The average Bonchev–Trinajstić information content (AvgIpc) is 2.46. The molecule has 0 fully saturated rings. The van der Waals surface area contributed by atoms with Gasteiger partial charge in [-0.2, -0.15) is 0 Å². The molecule has 1 heterocycles. The van der Waals surface area contributed by atoms with Gasteiger partial charge in [-0.15, -0.1) is 0 Å². The second kappa shape index (κ2) is 2.96. The average molecular weight is 209 g/mol. The van der Waals surface area contributed by atoms with Crippen molar-refractivity contribution in [1.82, 2.24) is 5.32 Å². The van der Waals surface area contributed by atoms with Crippen LogP contribution in [0.5, 0.6) is 0 Å². The van der Waals surface area contributed by atoms with Crippen LogP contribution in [0.1, 0.15) is 15.9 Å². The molecule has 1 aromatic carbocycles. The maximum atomic E-state index is 11.9. The van der Waals surface area contributed by atoms with Crippen molar-refractivity contribution < 1.29 is 9.36 Å². The molecule has 0 unspecified atom stereocenters. The molecule has 0 aliphatic carbocycles. The molecule has 1 aromatic rings. The number of carbonyl (C=O) groups excluding carboxylic acids is 1. The van der Waals surface area contributed by atoms with Crippen LogP contribution in [0.15, 0.2) is 18.2 Å². The van der Waals surface area contributed by atoms with Gasteiger partial charge in [-0.05, 0) is 18.9 Å². The van der Waals surface area contributed by atoms with Crippen LogP contribution in [-0.2, 0) is 11.1 Å². The van der Waals surface area contributed by atoms with Gasteiger partial charge in [0, 0.05) is 11.8 Å². The number of hydrogen-bond donors (Lipinski definition) is 1. The zero-order valence-corrected chi connectivity index (χ0v) is 9.10. The van der Waals surface area contributed by atoms with Gasteiger partial charge in [-0.1, -0.05) is 18.2 Å². The predicted molar refractivity (Wildman–Crippen MR) is 56.7 cm³/mol. The lowest BCUT2D eigenvalue weighted by Crippen LogP contribution is -2.19. The normalized spacial score (nSPS) is 15.1. The van der Waals surface area contributed by atoms with E-state index < -0.39 is 7.14 Å². The SMILES string of the molecule is CP(C)(=O)c1cccc2c1C(=O)NC2. The molecule has 1 N–H and O–H groups in total. The van der Waals surface area contributed by atoms with Gasteiger partial charge in [0.15, 0.2) is 0 Å². The summed E-state index contributed by atoms with van der Waals surface area (Å²) in [6, 6.07) is 5.53. The minimum Gasteiger partial charge on any atom is -0.348 e. The number of benzene rings is 1. The first kappa shape index (κ1) is 9.47. The van der Waals surface area contributed by atoms with Crippen molar-refractivity contribution in [3.63, 3.8) is 0 Å². The fourth-order valence-electron chi connectivity index (χ4n) is 1.71. The Morgan fingerprint density at radius 1 is 1.36 bits per heavy atom. The van der Waals surface area contributed by atoms with Crippen LogP contribution in [-0.4, -0.2) is 19.2 Å². The van der Waals surface area contributed by atoms with Gasteiger partial charge in [0.25, 0.3) is 5.91 Å². The molecule has 1 amide bonds. The molecule has 3 nitrogen and oxygen atoms in total. The van der Waals surface area contributed by atoms with Crippen LogP contribution in [0, 0.1) is 0 Å². The Morgan fingerprint density at radius 3 is 2.71 bits per heavy atom. The molecular formula is C10H12NO2P. The smallest absolute Gasteiger partial charge is 0.252 e. The minimum atomic E-state index is -2.36. The van der Waals surface area contributed by atoms with Crippen LogP contribution >= 0.6 is 7.14 Å². The van der Waals surface area contributed by atoms with Crippen LogP contribution in [0.4, 0.5) is 0 Å². The molecule has 4 heteroatoms. The highest BCUT2D eigenvalue weighted by atomic mass is 31.2. The summed E-state index contributed by atoms with van der Waals surface area (Å²) < 4.78 is 11.9. The summed E-state index contributed by atoms with van der Waals surface area (Å²) in [6.45, 7) is 3.93. The van der Waals surface area contributed by atoms with E-state index in [1.165, 1.54) is 0 Å². The maximum absolute atomic E-state index is 11.9. The lowest BCUT2D eigenvalue weighted by molar-refractivity contribution is 0.0966. The van der Waals surface area contributed by atoms with Gasteiger partial charge < -0.3 is 9.88 Å². The fraction of sp³-hybridized carbons (Fsp3) is 0.300. The van der Waals surface area contributed by atoms with Crippen molar-refractivity contribution in [3.05, 3.63) is 29.3 Å². The molecule has 0 radical (unpaired) electrons. The van der Waals surface area contributed by atoms with Gasteiger partial charge in [0.2, 0.25) is 0 Å². The zero-order valence-electron chi connectivity index (χ0n) is 8.20. The Hall–Kier alpha value is -1.08. The molecule has 0 saturated carbocycles. The summed E-state index contributed by atoms with van der Waals surface area (Å²) >= 11 is 0. The highest BCUT2D eigenvalue weighted by molar-refractivity contribution is 7.70. The molecule has 1 aliphatic rings. The number of fused-ring (bicyclic) bond motifs is 1. The topological polar surface area (TPSA) is 46.2 Å². The summed E-state index contributed by atoms with van der Waals surface area (Å²) in [4.78, 5) is 11.5. The summed E-state index contributed by atoms with van der Waals surface area (Å²) in [5.74, 6) is -0.0977. The van der Waals surface area contributed by atoms with Crippen molar-refractivity contribution in [3.8, 4) is 0 Å². The van der Waals surface area contributed by atoms with E-state index in [0.29, 0.717) is 17.4 Å². The van der Waals surface area contributed by atoms with Crippen LogP contribution in [0.25, 0.3) is 0 Å². The molecule has 1 aliphatic heterocycles. The van der Waals surface area contributed by atoms with E-state index in [4.69, 9.17) is 0 Å². The van der Waals surface area contributed by atoms with Crippen molar-refractivity contribution in [2.24, 2.45) is 0 Å². The number of carbonyl (C=O) groups is 1. The molecule has 0 saturated heterocycles. The lowest BCUT2D eigenvalue weighted by Gasteiger charge is -2.10. The summed E-state index contributed by atoms with van der Waals surface area (Å²) in [5.41, 5.74) is 1.58. The number of rotatable bonds is 1. The van der Waals surface area contributed by atoms with Crippen molar-refractivity contribution in [2.75, 3.05) is 13.3 Å². The predicted octanol–water partition coefficient (Wildman–Crippen LogP) is 1.18. The second-order valence-corrected chi connectivity index (χ2v) is 7.03. The van der Waals surface area contributed by atoms with Crippen LogP contribution in [0.3, 0.4) is 0 Å².